The number of rotatable bonds is 0. The Kier molecular flexibility index (Phi) is 3.11. The average molecular weight is 336 g/mol. The summed E-state index contributed by atoms with van der Waals surface area (Å²) in [6.45, 7) is 0. The second kappa shape index (κ2) is 4.37. The van der Waals surface area contributed by atoms with Crippen molar-refractivity contribution in [2.75, 3.05) is 0 Å². The first-order valence-corrected chi connectivity index (χ1v) is 7.19. The summed E-state index contributed by atoms with van der Waals surface area (Å²) in [6, 6.07) is 1.19. The van der Waals surface area contributed by atoms with Gasteiger partial charge in [0.1, 0.15) is 11.3 Å². The molecule has 0 spiro atoms. The minimum Gasteiger partial charge on any atom is -0.344 e. The van der Waals surface area contributed by atoms with Crippen LogP contribution in [0.4, 0.5) is 8.78 Å². The monoisotopic (exact) mass is 336 g/mol. The predicted octanol–water partition coefficient (Wildman–Crippen LogP) is 3.23. The van der Waals surface area contributed by atoms with Crippen molar-refractivity contribution in [2.45, 2.75) is 0 Å². The van der Waals surface area contributed by atoms with Crippen LogP contribution in [0.3, 0.4) is 0 Å². The molecule has 2 aromatic rings. The Bertz CT molecular complexity index is 570. The molecule has 1 N–H and O–H groups in total. The van der Waals surface area contributed by atoms with Gasteiger partial charge >= 0.3 is 0 Å². The molecular formula is C9H3F2IN2S. The largest absolute Gasteiger partial charge is 0.344 e. The molecule has 1 aromatic heterocycles. The van der Waals surface area contributed by atoms with Crippen molar-refractivity contribution in [3.05, 3.63) is 29.6 Å². The van der Waals surface area contributed by atoms with Crippen LogP contribution in [0.25, 0.3) is 11.0 Å². The molecule has 1 aromatic carbocycles. The fraction of sp³-hybridized carbons (Fsp3) is 0. The minimum atomic E-state index is -0.718. The second-order valence-corrected chi connectivity index (χ2v) is 4.33. The van der Waals surface area contributed by atoms with Crippen molar-refractivity contribution < 1.29 is 8.78 Å². The van der Waals surface area contributed by atoms with Gasteiger partial charge < -0.3 is 4.98 Å². The molecule has 0 saturated carbocycles. The van der Waals surface area contributed by atoms with Gasteiger partial charge in [0, 0.05) is 27.3 Å². The highest BCUT2D eigenvalue weighted by Gasteiger charge is 2.13. The van der Waals surface area contributed by atoms with Gasteiger partial charge in [0.2, 0.25) is 0 Å². The zero-order chi connectivity index (χ0) is 10.8. The first-order chi connectivity index (χ1) is 7.24. The van der Waals surface area contributed by atoms with Gasteiger partial charge in [-0.3, -0.25) is 0 Å². The Morgan fingerprint density at radius 3 is 3.00 bits per heavy atom. The standard InChI is InChI=1S/C9H3F2IN2S/c10-6-3-7-9(14-4-13-7)8(11)5(6)1-2-15-12/h3-4H,(H,13,14). The highest BCUT2D eigenvalue weighted by molar-refractivity contribution is 14.2. The Morgan fingerprint density at radius 2 is 2.27 bits per heavy atom. The highest BCUT2D eigenvalue weighted by Crippen LogP contribution is 2.21. The number of aromatic amines is 1. The number of fused-ring (bicyclic) bond motifs is 1. The van der Waals surface area contributed by atoms with Crippen molar-refractivity contribution in [3.8, 4) is 11.2 Å². The summed E-state index contributed by atoms with van der Waals surface area (Å²) < 4.78 is 27.0. The molecule has 0 radical (unpaired) electrons. The lowest BCUT2D eigenvalue weighted by Crippen LogP contribution is -1.91. The Morgan fingerprint density at radius 1 is 1.47 bits per heavy atom. The van der Waals surface area contributed by atoms with Crippen molar-refractivity contribution in [3.63, 3.8) is 0 Å². The van der Waals surface area contributed by atoms with Crippen LogP contribution >= 0.6 is 30.1 Å². The van der Waals surface area contributed by atoms with E-state index in [1.54, 1.807) is 0 Å². The molecule has 0 atom stereocenters. The van der Waals surface area contributed by atoms with Crippen LogP contribution in [0, 0.1) is 22.8 Å². The van der Waals surface area contributed by atoms with Gasteiger partial charge in [-0.1, -0.05) is 0 Å². The Balaban J connectivity index is 2.72. The van der Waals surface area contributed by atoms with E-state index >= 15 is 0 Å². The number of hydrogen-bond donors (Lipinski definition) is 1. The first-order valence-electron chi connectivity index (χ1n) is 3.83. The average Bonchev–Trinajstić information content (AvgIpc) is 2.65. The Hall–Kier alpha value is -0.810. The molecular weight excluding hydrogens is 333 g/mol. The van der Waals surface area contributed by atoms with Gasteiger partial charge in [-0.15, -0.1) is 0 Å². The Labute approximate surface area is 100 Å². The van der Waals surface area contributed by atoms with Crippen LogP contribution in [-0.4, -0.2) is 9.97 Å². The number of imidazole rings is 1. The molecule has 2 nitrogen and oxygen atoms in total. The molecule has 0 amide bonds. The number of nitrogens with zero attached hydrogens (tertiary/aromatic N) is 1. The van der Waals surface area contributed by atoms with Crippen molar-refractivity contribution in [1.82, 2.24) is 9.97 Å². The lowest BCUT2D eigenvalue weighted by atomic mass is 10.2. The van der Waals surface area contributed by atoms with Crippen molar-refractivity contribution in [1.29, 1.82) is 0 Å². The zero-order valence-electron chi connectivity index (χ0n) is 7.14. The lowest BCUT2D eigenvalue weighted by Gasteiger charge is -1.97. The molecule has 0 aliphatic carbocycles. The quantitative estimate of drug-likeness (QED) is 0.591. The van der Waals surface area contributed by atoms with Gasteiger partial charge in [0.05, 0.1) is 17.4 Å². The number of aromatic nitrogens is 2. The highest BCUT2D eigenvalue weighted by atomic mass is 127. The topological polar surface area (TPSA) is 28.7 Å². The molecule has 0 aliphatic heterocycles. The first kappa shape index (κ1) is 10.7. The van der Waals surface area contributed by atoms with E-state index in [-0.39, 0.29) is 11.1 Å². The van der Waals surface area contributed by atoms with E-state index in [1.807, 2.05) is 21.2 Å². The molecule has 1 heterocycles. The maximum atomic E-state index is 13.6. The molecule has 0 fully saturated rings. The van der Waals surface area contributed by atoms with Gasteiger partial charge in [-0.25, -0.2) is 13.8 Å². The van der Waals surface area contributed by atoms with E-state index < -0.39 is 11.6 Å². The summed E-state index contributed by atoms with van der Waals surface area (Å²) in [5.41, 5.74) is 0.204. The third-order valence-corrected chi connectivity index (χ3v) is 2.66. The molecule has 76 valence electrons. The number of halogens is 3. The summed E-state index contributed by atoms with van der Waals surface area (Å²) in [5.74, 6) is 1.02. The van der Waals surface area contributed by atoms with E-state index in [1.165, 1.54) is 21.3 Å². The molecule has 0 saturated heterocycles. The summed E-state index contributed by atoms with van der Waals surface area (Å²) in [4.78, 5) is 6.39. The number of hydrogen-bond acceptors (Lipinski definition) is 2. The summed E-state index contributed by atoms with van der Waals surface area (Å²) >= 11 is 1.93. The van der Waals surface area contributed by atoms with Crippen LogP contribution in [-0.2, 0) is 0 Å². The maximum absolute atomic E-state index is 13.6. The fourth-order valence-electron chi connectivity index (χ4n) is 1.20. The molecule has 0 unspecified atom stereocenters. The molecule has 15 heavy (non-hydrogen) atoms. The van der Waals surface area contributed by atoms with Crippen LogP contribution < -0.4 is 0 Å². The zero-order valence-corrected chi connectivity index (χ0v) is 10.1. The SMILES string of the molecule is Fc1cc2[nH]cnc2c(F)c1C#CSI. The molecule has 0 aliphatic rings. The third kappa shape index (κ3) is 1.94. The maximum Gasteiger partial charge on any atom is 0.169 e. The van der Waals surface area contributed by atoms with E-state index in [2.05, 4.69) is 21.1 Å². The number of nitrogens with one attached hydrogen (secondary N) is 1. The van der Waals surface area contributed by atoms with Crippen LogP contribution in [0.5, 0.6) is 0 Å². The number of H-pyrrole nitrogens is 1. The van der Waals surface area contributed by atoms with Gasteiger partial charge in [-0.2, -0.15) is 0 Å². The summed E-state index contributed by atoms with van der Waals surface area (Å²) in [6.07, 6.45) is 1.32. The van der Waals surface area contributed by atoms with Crippen LogP contribution in [0.15, 0.2) is 12.4 Å². The summed E-state index contributed by atoms with van der Waals surface area (Å²) in [7, 11) is 1.17. The van der Waals surface area contributed by atoms with Crippen molar-refractivity contribution in [2.24, 2.45) is 0 Å². The summed E-state index contributed by atoms with van der Waals surface area (Å²) in [5, 5.41) is 2.54. The third-order valence-electron chi connectivity index (χ3n) is 1.82. The fourth-order valence-corrected chi connectivity index (χ4v) is 1.67. The van der Waals surface area contributed by atoms with Gasteiger partial charge in [-0.05, 0) is 20.1 Å². The second-order valence-electron chi connectivity index (χ2n) is 2.65. The lowest BCUT2D eigenvalue weighted by molar-refractivity contribution is 0.585. The van der Waals surface area contributed by atoms with Crippen LogP contribution in [0.1, 0.15) is 5.56 Å². The van der Waals surface area contributed by atoms with E-state index in [9.17, 15) is 8.78 Å². The van der Waals surface area contributed by atoms with E-state index in [4.69, 9.17) is 0 Å². The van der Waals surface area contributed by atoms with E-state index in [0.717, 1.165) is 0 Å². The minimum absolute atomic E-state index is 0.110. The van der Waals surface area contributed by atoms with Gasteiger partial charge in [0.15, 0.2) is 5.82 Å². The number of benzene rings is 1. The van der Waals surface area contributed by atoms with E-state index in [0.29, 0.717) is 5.52 Å². The molecule has 2 rings (SSSR count). The van der Waals surface area contributed by atoms with Crippen LogP contribution in [0.2, 0.25) is 0 Å². The van der Waals surface area contributed by atoms with Crippen molar-refractivity contribution >= 4 is 41.2 Å². The van der Waals surface area contributed by atoms with Gasteiger partial charge in [0.25, 0.3) is 0 Å². The smallest absolute Gasteiger partial charge is 0.169 e. The molecule has 0 bridgehead atoms. The molecule has 6 heteroatoms. The normalized spacial score (nSPS) is 10.1. The predicted molar refractivity (Wildman–Crippen MR) is 64.5 cm³/mol.